The highest BCUT2D eigenvalue weighted by Crippen LogP contribution is 2.15. The standard InChI is InChI=1S/C16H18N2O3/c17-15(16(19)18-20)10-12-6-8-14(9-7-12)21-11-13-4-2-1-3-5-13/h1-9,15,20H,10-11,17H2,(H,18,19). The molecule has 2 aromatic carbocycles. The average Bonchev–Trinajstić information content (AvgIpc) is 2.54. The largest absolute Gasteiger partial charge is 0.489 e. The second-order valence-electron chi connectivity index (χ2n) is 4.70. The number of hydroxylamine groups is 1. The Kier molecular flexibility index (Phi) is 5.31. The van der Waals surface area contributed by atoms with Crippen molar-refractivity contribution in [1.82, 2.24) is 5.48 Å². The van der Waals surface area contributed by atoms with Crippen molar-refractivity contribution in [2.75, 3.05) is 0 Å². The maximum absolute atomic E-state index is 11.1. The van der Waals surface area contributed by atoms with Crippen LogP contribution >= 0.6 is 0 Å². The summed E-state index contributed by atoms with van der Waals surface area (Å²) in [6, 6.07) is 16.5. The summed E-state index contributed by atoms with van der Waals surface area (Å²) in [5, 5.41) is 8.51. The lowest BCUT2D eigenvalue weighted by Gasteiger charge is -2.10. The molecule has 1 unspecified atom stereocenters. The monoisotopic (exact) mass is 286 g/mol. The first-order chi connectivity index (χ1) is 10.2. The molecule has 0 bridgehead atoms. The minimum absolute atomic E-state index is 0.353. The number of amides is 1. The summed E-state index contributed by atoms with van der Waals surface area (Å²) in [6.45, 7) is 0.507. The lowest BCUT2D eigenvalue weighted by atomic mass is 10.1. The van der Waals surface area contributed by atoms with Crippen molar-refractivity contribution in [3.05, 3.63) is 65.7 Å². The summed E-state index contributed by atoms with van der Waals surface area (Å²) in [5.41, 5.74) is 9.18. The van der Waals surface area contributed by atoms with Crippen molar-refractivity contribution in [2.24, 2.45) is 5.73 Å². The lowest BCUT2D eigenvalue weighted by molar-refractivity contribution is -0.130. The predicted octanol–water partition coefficient (Wildman–Crippen LogP) is 1.64. The Morgan fingerprint density at radius 2 is 1.76 bits per heavy atom. The van der Waals surface area contributed by atoms with E-state index in [1.165, 1.54) is 0 Å². The Balaban J connectivity index is 1.88. The lowest BCUT2D eigenvalue weighted by Crippen LogP contribution is -2.40. The van der Waals surface area contributed by atoms with E-state index in [1.54, 1.807) is 5.48 Å². The number of carbonyl (C=O) groups excluding carboxylic acids is 1. The van der Waals surface area contributed by atoms with Crippen LogP contribution in [0, 0.1) is 0 Å². The van der Waals surface area contributed by atoms with Crippen LogP contribution in [0.2, 0.25) is 0 Å². The zero-order chi connectivity index (χ0) is 15.1. The Morgan fingerprint density at radius 3 is 2.38 bits per heavy atom. The van der Waals surface area contributed by atoms with Gasteiger partial charge < -0.3 is 10.5 Å². The summed E-state index contributed by atoms with van der Waals surface area (Å²) in [7, 11) is 0. The van der Waals surface area contributed by atoms with Crippen molar-refractivity contribution in [1.29, 1.82) is 0 Å². The molecular weight excluding hydrogens is 268 g/mol. The van der Waals surface area contributed by atoms with Gasteiger partial charge in [-0.25, -0.2) is 5.48 Å². The number of nitrogens with one attached hydrogen (secondary N) is 1. The molecule has 0 saturated carbocycles. The topological polar surface area (TPSA) is 84.6 Å². The second-order valence-corrected chi connectivity index (χ2v) is 4.70. The van der Waals surface area contributed by atoms with E-state index in [4.69, 9.17) is 15.7 Å². The van der Waals surface area contributed by atoms with Gasteiger partial charge in [-0.1, -0.05) is 42.5 Å². The summed E-state index contributed by atoms with van der Waals surface area (Å²) in [6.07, 6.45) is 0.353. The van der Waals surface area contributed by atoms with Gasteiger partial charge in [0.05, 0.1) is 6.04 Å². The molecule has 21 heavy (non-hydrogen) atoms. The predicted molar refractivity (Wildman–Crippen MR) is 78.8 cm³/mol. The summed E-state index contributed by atoms with van der Waals surface area (Å²) in [4.78, 5) is 11.1. The molecule has 0 saturated heterocycles. The molecule has 0 radical (unpaired) electrons. The van der Waals surface area contributed by atoms with Crippen LogP contribution in [-0.2, 0) is 17.8 Å². The van der Waals surface area contributed by atoms with E-state index >= 15 is 0 Å². The number of ether oxygens (including phenoxy) is 1. The maximum Gasteiger partial charge on any atom is 0.260 e. The van der Waals surface area contributed by atoms with Crippen LogP contribution in [0.5, 0.6) is 5.75 Å². The Morgan fingerprint density at radius 1 is 1.10 bits per heavy atom. The van der Waals surface area contributed by atoms with E-state index in [9.17, 15) is 4.79 Å². The molecule has 0 aromatic heterocycles. The van der Waals surface area contributed by atoms with Crippen molar-refractivity contribution >= 4 is 5.91 Å². The molecule has 1 amide bonds. The SMILES string of the molecule is NC(Cc1ccc(OCc2ccccc2)cc1)C(=O)NO. The van der Waals surface area contributed by atoms with Crippen LogP contribution in [0.25, 0.3) is 0 Å². The number of hydrogen-bond donors (Lipinski definition) is 3. The molecule has 0 aliphatic carbocycles. The highest BCUT2D eigenvalue weighted by Gasteiger charge is 2.12. The fourth-order valence-electron chi connectivity index (χ4n) is 1.89. The van der Waals surface area contributed by atoms with Gasteiger partial charge in [-0.15, -0.1) is 0 Å². The van der Waals surface area contributed by atoms with Crippen molar-refractivity contribution in [3.8, 4) is 5.75 Å². The van der Waals surface area contributed by atoms with Crippen LogP contribution in [-0.4, -0.2) is 17.2 Å². The number of rotatable bonds is 6. The summed E-state index contributed by atoms with van der Waals surface area (Å²) < 4.78 is 5.67. The van der Waals surface area contributed by atoms with Gasteiger partial charge in [0.2, 0.25) is 0 Å². The third-order valence-corrected chi connectivity index (χ3v) is 3.07. The van der Waals surface area contributed by atoms with E-state index in [-0.39, 0.29) is 0 Å². The van der Waals surface area contributed by atoms with Gasteiger partial charge >= 0.3 is 0 Å². The molecule has 0 aliphatic heterocycles. The quantitative estimate of drug-likeness (QED) is 0.557. The molecule has 0 aliphatic rings. The molecule has 2 rings (SSSR count). The van der Waals surface area contributed by atoms with Crippen LogP contribution in [0.3, 0.4) is 0 Å². The zero-order valence-electron chi connectivity index (χ0n) is 11.5. The van der Waals surface area contributed by atoms with Gasteiger partial charge in [0, 0.05) is 0 Å². The molecule has 1 atom stereocenters. The zero-order valence-corrected chi connectivity index (χ0v) is 11.5. The fraction of sp³-hybridized carbons (Fsp3) is 0.188. The number of hydrogen-bond acceptors (Lipinski definition) is 4. The van der Waals surface area contributed by atoms with Crippen LogP contribution in [0.15, 0.2) is 54.6 Å². The highest BCUT2D eigenvalue weighted by atomic mass is 16.5. The molecular formula is C16H18N2O3. The molecule has 5 nitrogen and oxygen atoms in total. The first-order valence-corrected chi connectivity index (χ1v) is 6.64. The minimum atomic E-state index is -0.772. The van der Waals surface area contributed by atoms with E-state index < -0.39 is 11.9 Å². The molecule has 5 heteroatoms. The van der Waals surface area contributed by atoms with Gasteiger partial charge in [-0.3, -0.25) is 10.0 Å². The van der Waals surface area contributed by atoms with Crippen molar-refractivity contribution in [2.45, 2.75) is 19.1 Å². The van der Waals surface area contributed by atoms with Gasteiger partial charge in [0.15, 0.2) is 0 Å². The second kappa shape index (κ2) is 7.42. The number of benzene rings is 2. The Labute approximate surface area is 123 Å². The van der Waals surface area contributed by atoms with E-state index in [0.29, 0.717) is 13.0 Å². The molecule has 4 N–H and O–H groups in total. The van der Waals surface area contributed by atoms with Crippen molar-refractivity contribution in [3.63, 3.8) is 0 Å². The van der Waals surface area contributed by atoms with Crippen molar-refractivity contribution < 1.29 is 14.7 Å². The van der Waals surface area contributed by atoms with E-state index in [2.05, 4.69) is 0 Å². The van der Waals surface area contributed by atoms with Crippen LogP contribution < -0.4 is 16.0 Å². The van der Waals surface area contributed by atoms with Crippen LogP contribution in [0.4, 0.5) is 0 Å². The number of carbonyl (C=O) groups is 1. The summed E-state index contributed by atoms with van der Waals surface area (Å²) >= 11 is 0. The first-order valence-electron chi connectivity index (χ1n) is 6.64. The molecule has 2 aromatic rings. The molecule has 0 spiro atoms. The van der Waals surface area contributed by atoms with Gasteiger partial charge in [-0.2, -0.15) is 0 Å². The smallest absolute Gasteiger partial charge is 0.260 e. The highest BCUT2D eigenvalue weighted by molar-refractivity contribution is 5.80. The van der Waals surface area contributed by atoms with Gasteiger partial charge in [0.1, 0.15) is 12.4 Å². The normalized spacial score (nSPS) is 11.7. The maximum atomic E-state index is 11.1. The Hall–Kier alpha value is -2.37. The van der Waals surface area contributed by atoms with Gasteiger partial charge in [-0.05, 0) is 29.7 Å². The third kappa shape index (κ3) is 4.59. The first kappa shape index (κ1) is 15.0. The Bertz CT molecular complexity index is 570. The van der Waals surface area contributed by atoms with E-state index in [0.717, 1.165) is 16.9 Å². The molecule has 110 valence electrons. The average molecular weight is 286 g/mol. The third-order valence-electron chi connectivity index (χ3n) is 3.07. The van der Waals surface area contributed by atoms with Gasteiger partial charge in [0.25, 0.3) is 5.91 Å². The molecule has 0 heterocycles. The summed E-state index contributed by atoms with van der Waals surface area (Å²) in [5.74, 6) is 0.155. The minimum Gasteiger partial charge on any atom is -0.489 e. The van der Waals surface area contributed by atoms with E-state index in [1.807, 2.05) is 54.6 Å². The number of nitrogens with two attached hydrogens (primary N) is 1. The molecule has 0 fully saturated rings. The fourth-order valence-corrected chi connectivity index (χ4v) is 1.89. The van der Waals surface area contributed by atoms with Crippen LogP contribution in [0.1, 0.15) is 11.1 Å².